The molecule has 3 atom stereocenters. The average Bonchev–Trinajstić information content (AvgIpc) is 2.86. The number of hydrogen-bond acceptors (Lipinski definition) is 6. The lowest BCUT2D eigenvalue weighted by Gasteiger charge is -2.31. The first-order chi connectivity index (χ1) is 11.6. The van der Waals surface area contributed by atoms with Gasteiger partial charge in [-0.3, -0.25) is 19.2 Å². The molecule has 142 valence electrons. The van der Waals surface area contributed by atoms with Crippen molar-refractivity contribution in [3.8, 4) is 0 Å². The molecule has 3 unspecified atom stereocenters. The molecular weight excluding hydrogens is 351 g/mol. The van der Waals surface area contributed by atoms with Crippen molar-refractivity contribution in [3.63, 3.8) is 0 Å². The number of aliphatic imine (C=N–C) groups is 1. The van der Waals surface area contributed by atoms with Gasteiger partial charge in [0, 0.05) is 18.7 Å². The Morgan fingerprint density at radius 1 is 1.56 bits per heavy atom. The maximum absolute atomic E-state index is 11.7. The summed E-state index contributed by atoms with van der Waals surface area (Å²) in [4.78, 5) is 36.2. The summed E-state index contributed by atoms with van der Waals surface area (Å²) in [5.41, 5.74) is 5.15. The van der Waals surface area contributed by atoms with Crippen molar-refractivity contribution in [1.82, 2.24) is 9.99 Å². The van der Waals surface area contributed by atoms with Crippen LogP contribution in [0.2, 0.25) is 0 Å². The van der Waals surface area contributed by atoms with Crippen LogP contribution < -0.4 is 10.8 Å². The topological polar surface area (TPSA) is 144 Å². The van der Waals surface area contributed by atoms with Gasteiger partial charge in [0.2, 0.25) is 6.41 Å². The van der Waals surface area contributed by atoms with E-state index in [0.717, 1.165) is 0 Å². The predicted octanol–water partition coefficient (Wildman–Crippen LogP) is -0.00780. The number of aldehydes is 1. The zero-order valence-corrected chi connectivity index (χ0v) is 15.4. The van der Waals surface area contributed by atoms with Crippen LogP contribution in [0.4, 0.5) is 0 Å². The normalized spacial score (nSPS) is 25.7. The molecule has 1 fully saturated rings. The van der Waals surface area contributed by atoms with Crippen LogP contribution in [0.1, 0.15) is 20.3 Å². The summed E-state index contributed by atoms with van der Waals surface area (Å²) < 4.78 is 22.4. The molecule has 0 spiro atoms. The average molecular weight is 376 g/mol. The zero-order valence-electron chi connectivity index (χ0n) is 14.5. The van der Waals surface area contributed by atoms with Gasteiger partial charge in [-0.2, -0.15) is 0 Å². The maximum Gasteiger partial charge on any atom is 0.403 e. The van der Waals surface area contributed by atoms with E-state index in [1.165, 1.54) is 24.2 Å². The number of carbonyl (C=O) groups excluding carboxylic acids is 2. The molecule has 1 aliphatic rings. The Bertz CT molecular complexity index is 580. The molecule has 0 saturated carbocycles. The summed E-state index contributed by atoms with van der Waals surface area (Å²) >= 11 is 0. The summed E-state index contributed by atoms with van der Waals surface area (Å²) in [6, 6.07) is 0. The van der Waals surface area contributed by atoms with Crippen LogP contribution in [0.25, 0.3) is 0 Å². The fraction of sp³-hybridized carbons (Fsp3) is 0.643. The quantitative estimate of drug-likeness (QED) is 0.209. The summed E-state index contributed by atoms with van der Waals surface area (Å²) in [5, 5.41) is 2.10. The first-order valence-corrected chi connectivity index (χ1v) is 9.17. The summed E-state index contributed by atoms with van der Waals surface area (Å²) in [5.74, 6) is 0.255. The first-order valence-electron chi connectivity index (χ1n) is 7.60. The van der Waals surface area contributed by atoms with Crippen LogP contribution in [0.15, 0.2) is 17.3 Å². The van der Waals surface area contributed by atoms with Gasteiger partial charge in [0.05, 0.1) is 19.3 Å². The highest BCUT2D eigenvalue weighted by Crippen LogP contribution is 2.42. The number of nitrogens with two attached hydrogens (primary N) is 1. The highest BCUT2D eigenvalue weighted by molar-refractivity contribution is 7.50. The van der Waals surface area contributed by atoms with Gasteiger partial charge in [0.1, 0.15) is 18.3 Å². The van der Waals surface area contributed by atoms with Gasteiger partial charge < -0.3 is 20.2 Å². The van der Waals surface area contributed by atoms with Crippen LogP contribution in [-0.4, -0.2) is 60.9 Å². The van der Waals surface area contributed by atoms with Gasteiger partial charge in [0.15, 0.2) is 0 Å². The molecule has 4 N–H and O–H groups in total. The Morgan fingerprint density at radius 3 is 2.80 bits per heavy atom. The number of hydrogen-bond donors (Lipinski definition) is 3. The Balaban J connectivity index is 2.72. The van der Waals surface area contributed by atoms with Gasteiger partial charge in [0.25, 0.3) is 0 Å². The van der Waals surface area contributed by atoms with Crippen molar-refractivity contribution in [2.24, 2.45) is 16.1 Å². The number of carbonyl (C=O) groups is 2. The number of nitrogens with zero attached hydrogens (tertiary/aromatic N) is 2. The molecule has 25 heavy (non-hydrogen) atoms. The molecule has 0 aromatic carbocycles. The summed E-state index contributed by atoms with van der Waals surface area (Å²) in [6.45, 7) is 3.36. The maximum atomic E-state index is 11.7. The minimum atomic E-state index is -4.07. The van der Waals surface area contributed by atoms with Gasteiger partial charge in [-0.1, -0.05) is 13.8 Å². The number of nitrogens with one attached hydrogen (secondary N) is 1. The molecule has 0 aromatic rings. The molecule has 1 saturated heterocycles. The van der Waals surface area contributed by atoms with E-state index >= 15 is 0 Å². The molecule has 0 aromatic heterocycles. The number of rotatable bonds is 10. The minimum Gasteiger partial charge on any atom is -0.384 e. The van der Waals surface area contributed by atoms with Gasteiger partial charge in [-0.05, 0) is 12.5 Å². The second kappa shape index (κ2) is 9.21. The van der Waals surface area contributed by atoms with Crippen LogP contribution in [0.5, 0.6) is 0 Å². The fourth-order valence-electron chi connectivity index (χ4n) is 2.46. The fourth-order valence-corrected chi connectivity index (χ4v) is 3.23. The van der Waals surface area contributed by atoms with Crippen molar-refractivity contribution in [2.75, 3.05) is 20.2 Å². The van der Waals surface area contributed by atoms with Gasteiger partial charge in [-0.25, -0.2) is 9.65 Å². The number of ether oxygens (including phenoxy) is 1. The molecule has 1 heterocycles. The van der Waals surface area contributed by atoms with Crippen molar-refractivity contribution >= 4 is 26.3 Å². The van der Waals surface area contributed by atoms with E-state index in [1.54, 1.807) is 0 Å². The SMILES string of the molecule is CN=C(N)/C=C\N(C=O)C1OC(COP(=O)(O)NCC=O)CC1(C)C. The number of amidine groups is 1. The van der Waals surface area contributed by atoms with Crippen LogP contribution in [0.3, 0.4) is 0 Å². The molecule has 0 aliphatic carbocycles. The lowest BCUT2D eigenvalue weighted by atomic mass is 9.87. The smallest absolute Gasteiger partial charge is 0.384 e. The van der Waals surface area contributed by atoms with Crippen molar-refractivity contribution in [2.45, 2.75) is 32.6 Å². The third kappa shape index (κ3) is 6.68. The lowest BCUT2D eigenvalue weighted by molar-refractivity contribution is -0.132. The lowest BCUT2D eigenvalue weighted by Crippen LogP contribution is -2.39. The van der Waals surface area contributed by atoms with E-state index < -0.39 is 25.5 Å². The molecule has 1 rings (SSSR count). The van der Waals surface area contributed by atoms with E-state index in [9.17, 15) is 19.0 Å². The standard InChI is InChI=1S/C14H25N4O6P/c1-14(2)8-11(9-23-25(21,22)17-5-7-19)24-13(14)18(10-20)6-4-12(15)16-3/h4,6-7,10-11,13H,5,8-9H2,1-3H3,(H2,15,16)(H2,17,21,22)/b6-4-. The molecule has 11 heteroatoms. The van der Waals surface area contributed by atoms with Crippen molar-refractivity contribution < 1.29 is 28.3 Å². The van der Waals surface area contributed by atoms with Crippen LogP contribution in [-0.2, 0) is 23.4 Å². The monoisotopic (exact) mass is 376 g/mol. The first kappa shape index (κ1) is 21.5. The Labute approximate surface area is 146 Å². The Hall–Kier alpha value is -1.58. The Morgan fingerprint density at radius 2 is 2.24 bits per heavy atom. The van der Waals surface area contributed by atoms with Crippen LogP contribution in [0, 0.1) is 5.41 Å². The largest absolute Gasteiger partial charge is 0.403 e. The summed E-state index contributed by atoms with van der Waals surface area (Å²) in [7, 11) is -2.55. The van der Waals surface area contributed by atoms with E-state index in [0.29, 0.717) is 19.1 Å². The third-order valence-electron chi connectivity index (χ3n) is 3.62. The van der Waals surface area contributed by atoms with Gasteiger partial charge >= 0.3 is 7.75 Å². The minimum absolute atomic E-state index is 0.158. The molecule has 10 nitrogen and oxygen atoms in total. The molecule has 0 bridgehead atoms. The zero-order chi connectivity index (χ0) is 19.1. The van der Waals surface area contributed by atoms with E-state index in [4.69, 9.17) is 15.0 Å². The van der Waals surface area contributed by atoms with Crippen LogP contribution >= 0.6 is 7.75 Å². The second-order valence-electron chi connectivity index (χ2n) is 6.17. The molecular formula is C14H25N4O6P. The summed E-state index contributed by atoms with van der Waals surface area (Å²) in [6.07, 6.45) is 3.42. The second-order valence-corrected chi connectivity index (χ2v) is 7.78. The van der Waals surface area contributed by atoms with Crippen molar-refractivity contribution in [1.29, 1.82) is 0 Å². The molecule has 1 aliphatic heterocycles. The van der Waals surface area contributed by atoms with E-state index in [1.807, 2.05) is 13.8 Å². The molecule has 0 radical (unpaired) electrons. The third-order valence-corrected chi connectivity index (χ3v) is 4.70. The van der Waals surface area contributed by atoms with Crippen molar-refractivity contribution in [3.05, 3.63) is 12.3 Å². The highest BCUT2D eigenvalue weighted by atomic mass is 31.2. The predicted molar refractivity (Wildman–Crippen MR) is 91.5 cm³/mol. The molecule has 1 amide bonds. The Kier molecular flexibility index (Phi) is 7.91. The highest BCUT2D eigenvalue weighted by Gasteiger charge is 2.44. The van der Waals surface area contributed by atoms with E-state index in [-0.39, 0.29) is 19.0 Å². The number of amides is 1. The van der Waals surface area contributed by atoms with Gasteiger partial charge in [-0.15, -0.1) is 0 Å². The van der Waals surface area contributed by atoms with E-state index in [2.05, 4.69) is 10.1 Å².